The van der Waals surface area contributed by atoms with Gasteiger partial charge >= 0.3 is 5.97 Å². The van der Waals surface area contributed by atoms with Gasteiger partial charge in [0.1, 0.15) is 11.9 Å². The van der Waals surface area contributed by atoms with Crippen molar-refractivity contribution in [3.05, 3.63) is 59.7 Å². The van der Waals surface area contributed by atoms with Crippen LogP contribution in [0.3, 0.4) is 0 Å². The summed E-state index contributed by atoms with van der Waals surface area (Å²) in [6, 6.07) is 14.6. The number of hydrogen-bond donors (Lipinski definition) is 2. The first-order valence-electron chi connectivity index (χ1n) is 7.62. The molecule has 0 bridgehead atoms. The van der Waals surface area contributed by atoms with Gasteiger partial charge in [0.15, 0.2) is 0 Å². The van der Waals surface area contributed by atoms with Gasteiger partial charge in [0.05, 0.1) is 24.5 Å². The first kappa shape index (κ1) is 15.4. The summed E-state index contributed by atoms with van der Waals surface area (Å²) in [4.78, 5) is 11.0. The Balaban J connectivity index is 1.68. The fourth-order valence-electron chi connectivity index (χ4n) is 2.51. The molecule has 3 rings (SSSR count). The average Bonchev–Trinajstić information content (AvgIpc) is 3.07. The van der Waals surface area contributed by atoms with Gasteiger partial charge in [0.2, 0.25) is 0 Å². The van der Waals surface area contributed by atoms with Crippen LogP contribution in [0, 0.1) is 0 Å². The lowest BCUT2D eigenvalue weighted by Crippen LogP contribution is -2.16. The first-order valence-corrected chi connectivity index (χ1v) is 7.62. The summed E-state index contributed by atoms with van der Waals surface area (Å²) in [7, 11) is 0. The molecular weight excluding hydrogens is 294 g/mol. The van der Waals surface area contributed by atoms with Crippen LogP contribution in [0.15, 0.2) is 48.5 Å². The van der Waals surface area contributed by atoms with Gasteiger partial charge < -0.3 is 19.9 Å². The lowest BCUT2D eigenvalue weighted by atomic mass is 10.1. The molecule has 1 heterocycles. The lowest BCUT2D eigenvalue weighted by Gasteiger charge is -2.16. The number of benzene rings is 2. The van der Waals surface area contributed by atoms with Crippen molar-refractivity contribution in [3.8, 4) is 5.75 Å². The number of para-hydroxylation sites is 2. The maximum Gasteiger partial charge on any atom is 0.335 e. The fraction of sp³-hybridized carbons (Fsp3) is 0.278. The molecule has 1 atom stereocenters. The van der Waals surface area contributed by atoms with Crippen LogP contribution < -0.4 is 10.1 Å². The van der Waals surface area contributed by atoms with E-state index in [4.69, 9.17) is 14.6 Å². The van der Waals surface area contributed by atoms with Gasteiger partial charge in [-0.15, -0.1) is 0 Å². The van der Waals surface area contributed by atoms with Gasteiger partial charge in [-0.25, -0.2) is 4.79 Å². The molecule has 1 unspecified atom stereocenters. The van der Waals surface area contributed by atoms with Gasteiger partial charge in [0, 0.05) is 13.0 Å². The molecule has 5 heteroatoms. The van der Waals surface area contributed by atoms with Crippen molar-refractivity contribution in [1.29, 1.82) is 0 Å². The number of hydrogen-bond acceptors (Lipinski definition) is 4. The highest BCUT2D eigenvalue weighted by atomic mass is 16.5. The monoisotopic (exact) mass is 313 g/mol. The van der Waals surface area contributed by atoms with Crippen molar-refractivity contribution < 1.29 is 19.4 Å². The van der Waals surface area contributed by atoms with Gasteiger partial charge in [-0.1, -0.05) is 24.3 Å². The van der Waals surface area contributed by atoms with Crippen LogP contribution in [0.2, 0.25) is 0 Å². The maximum atomic E-state index is 11.0. The predicted octanol–water partition coefficient (Wildman–Crippen LogP) is 3.16. The summed E-state index contributed by atoms with van der Waals surface area (Å²) in [6.07, 6.45) is 0.989. The van der Waals surface area contributed by atoms with Crippen LogP contribution in [0.5, 0.6) is 5.75 Å². The number of nitrogens with one attached hydrogen (secondary N) is 1. The molecule has 23 heavy (non-hydrogen) atoms. The number of anilines is 1. The quantitative estimate of drug-likeness (QED) is 0.857. The highest BCUT2D eigenvalue weighted by Gasteiger charge is 2.18. The molecule has 5 nitrogen and oxygen atoms in total. The van der Waals surface area contributed by atoms with E-state index in [0.29, 0.717) is 13.2 Å². The molecule has 2 aromatic carbocycles. The number of aromatic carboxylic acids is 1. The molecule has 1 aliphatic heterocycles. The van der Waals surface area contributed by atoms with E-state index in [-0.39, 0.29) is 11.7 Å². The predicted molar refractivity (Wildman–Crippen MR) is 87.0 cm³/mol. The topological polar surface area (TPSA) is 67.8 Å². The molecule has 0 amide bonds. The summed E-state index contributed by atoms with van der Waals surface area (Å²) in [5.74, 6) is -0.130. The van der Waals surface area contributed by atoms with Crippen LogP contribution >= 0.6 is 0 Å². The molecule has 0 aliphatic carbocycles. The summed E-state index contributed by atoms with van der Waals surface area (Å²) >= 11 is 0. The summed E-state index contributed by atoms with van der Waals surface area (Å²) in [6.45, 7) is 1.89. The zero-order valence-corrected chi connectivity index (χ0v) is 12.7. The molecule has 0 spiro atoms. The van der Waals surface area contributed by atoms with E-state index < -0.39 is 5.97 Å². The van der Waals surface area contributed by atoms with Crippen molar-refractivity contribution in [2.75, 3.05) is 18.5 Å². The highest BCUT2D eigenvalue weighted by molar-refractivity contribution is 5.87. The number of carboxylic acid groups (broad SMARTS) is 1. The smallest absolute Gasteiger partial charge is 0.335 e. The highest BCUT2D eigenvalue weighted by Crippen LogP contribution is 2.27. The first-order chi connectivity index (χ1) is 11.2. The van der Waals surface area contributed by atoms with Crippen LogP contribution in [-0.4, -0.2) is 30.4 Å². The minimum absolute atomic E-state index is 0.0910. The molecule has 1 fully saturated rings. The zero-order chi connectivity index (χ0) is 16.1. The molecule has 0 saturated carbocycles. The molecular formula is C18H19NO4. The van der Waals surface area contributed by atoms with E-state index in [2.05, 4.69) is 5.32 Å². The van der Waals surface area contributed by atoms with Crippen molar-refractivity contribution >= 4 is 11.7 Å². The number of rotatable bonds is 6. The van der Waals surface area contributed by atoms with Crippen molar-refractivity contribution in [3.63, 3.8) is 0 Å². The number of ether oxygens (including phenoxy) is 2. The van der Waals surface area contributed by atoms with E-state index in [0.717, 1.165) is 30.0 Å². The summed E-state index contributed by atoms with van der Waals surface area (Å²) < 4.78 is 11.3. The van der Waals surface area contributed by atoms with Gasteiger partial charge in [-0.3, -0.25) is 0 Å². The van der Waals surface area contributed by atoms with E-state index >= 15 is 0 Å². The minimum Gasteiger partial charge on any atom is -0.486 e. The Hall–Kier alpha value is -2.53. The van der Waals surface area contributed by atoms with Crippen LogP contribution in [0.25, 0.3) is 0 Å². The average molecular weight is 313 g/mol. The summed E-state index contributed by atoms with van der Waals surface area (Å²) in [5.41, 5.74) is 2.08. The standard InChI is InChI=1S/C18H19NO4/c20-18(21)14-5-3-4-13(10-14)11-19-16-6-1-2-7-17(16)23-15-8-9-22-12-15/h1-7,10,15,19H,8-9,11-12H2,(H,20,21). The van der Waals surface area contributed by atoms with E-state index in [9.17, 15) is 4.79 Å². The zero-order valence-electron chi connectivity index (χ0n) is 12.7. The number of carboxylic acids is 1. The molecule has 0 radical (unpaired) electrons. The van der Waals surface area contributed by atoms with E-state index in [1.165, 1.54) is 0 Å². The minimum atomic E-state index is -0.920. The van der Waals surface area contributed by atoms with Crippen LogP contribution in [-0.2, 0) is 11.3 Å². The Morgan fingerprint density at radius 3 is 2.91 bits per heavy atom. The van der Waals surface area contributed by atoms with Gasteiger partial charge in [-0.2, -0.15) is 0 Å². The Labute approximate surface area is 134 Å². The maximum absolute atomic E-state index is 11.0. The molecule has 2 N–H and O–H groups in total. The molecule has 1 saturated heterocycles. The Morgan fingerprint density at radius 1 is 1.26 bits per heavy atom. The summed E-state index contributed by atoms with van der Waals surface area (Å²) in [5, 5.41) is 12.4. The van der Waals surface area contributed by atoms with E-state index in [1.807, 2.05) is 30.3 Å². The molecule has 0 aromatic heterocycles. The third kappa shape index (κ3) is 4.02. The number of carbonyl (C=O) groups is 1. The largest absolute Gasteiger partial charge is 0.486 e. The Bertz CT molecular complexity index is 680. The Morgan fingerprint density at radius 2 is 2.13 bits per heavy atom. The third-order valence-electron chi connectivity index (χ3n) is 3.73. The molecule has 1 aliphatic rings. The van der Waals surface area contributed by atoms with Gasteiger partial charge in [0.25, 0.3) is 0 Å². The van der Waals surface area contributed by atoms with Crippen LogP contribution in [0.4, 0.5) is 5.69 Å². The normalized spacial score (nSPS) is 17.0. The SMILES string of the molecule is O=C(O)c1cccc(CNc2ccccc2OC2CCOC2)c1. The second kappa shape index (κ2) is 7.15. The second-order valence-electron chi connectivity index (χ2n) is 5.46. The van der Waals surface area contributed by atoms with Gasteiger partial charge in [-0.05, 0) is 29.8 Å². The Kier molecular flexibility index (Phi) is 4.78. The van der Waals surface area contributed by atoms with E-state index in [1.54, 1.807) is 18.2 Å². The van der Waals surface area contributed by atoms with Crippen molar-refractivity contribution in [2.45, 2.75) is 19.1 Å². The van der Waals surface area contributed by atoms with Crippen LogP contribution in [0.1, 0.15) is 22.3 Å². The molecule has 120 valence electrons. The molecule has 2 aromatic rings. The second-order valence-corrected chi connectivity index (χ2v) is 5.46. The van der Waals surface area contributed by atoms with Crippen molar-refractivity contribution in [2.24, 2.45) is 0 Å². The van der Waals surface area contributed by atoms with Crippen molar-refractivity contribution in [1.82, 2.24) is 0 Å². The lowest BCUT2D eigenvalue weighted by molar-refractivity contribution is 0.0696. The third-order valence-corrected chi connectivity index (χ3v) is 3.73. The fourth-order valence-corrected chi connectivity index (χ4v) is 2.51.